The van der Waals surface area contributed by atoms with Crippen LogP contribution in [0.2, 0.25) is 5.02 Å². The molecule has 0 spiro atoms. The van der Waals surface area contributed by atoms with Crippen molar-refractivity contribution in [1.29, 1.82) is 0 Å². The summed E-state index contributed by atoms with van der Waals surface area (Å²) in [5.74, 6) is 0. The molecule has 0 saturated heterocycles. The molecule has 0 aromatic heterocycles. The summed E-state index contributed by atoms with van der Waals surface area (Å²) < 4.78 is 0. The lowest BCUT2D eigenvalue weighted by atomic mass is 10.1. The second-order valence-electron chi connectivity index (χ2n) is 2.69. The molecule has 0 fully saturated rings. The minimum atomic E-state index is 0.714. The van der Waals surface area contributed by atoms with Gasteiger partial charge in [-0.2, -0.15) is 0 Å². The van der Waals surface area contributed by atoms with Gasteiger partial charge in [0, 0.05) is 11.1 Å². The van der Waals surface area contributed by atoms with Crippen LogP contribution in [0.5, 0.6) is 0 Å². The van der Waals surface area contributed by atoms with Gasteiger partial charge < -0.3 is 5.73 Å². The molecule has 0 unspecified atom stereocenters. The van der Waals surface area contributed by atoms with Crippen LogP contribution in [-0.2, 0) is 0 Å². The van der Waals surface area contributed by atoms with E-state index in [1.165, 1.54) is 0 Å². The Morgan fingerprint density at radius 3 is 2.33 bits per heavy atom. The van der Waals surface area contributed by atoms with E-state index in [0.29, 0.717) is 5.02 Å². The Balaban J connectivity index is 2.96. The third-order valence-electron chi connectivity index (χ3n) is 1.89. The van der Waals surface area contributed by atoms with Crippen molar-refractivity contribution in [3.8, 4) is 0 Å². The van der Waals surface area contributed by atoms with Crippen molar-refractivity contribution in [3.63, 3.8) is 0 Å². The Morgan fingerprint density at radius 1 is 1.00 bits per heavy atom. The summed E-state index contributed by atoms with van der Waals surface area (Å²) >= 11 is 5.98. The molecule has 2 heteroatoms. The highest BCUT2D eigenvalue weighted by Crippen LogP contribution is 2.27. The van der Waals surface area contributed by atoms with Crippen molar-refractivity contribution >= 4 is 28.1 Å². The fourth-order valence-electron chi connectivity index (χ4n) is 1.32. The number of hydrogen-bond acceptors (Lipinski definition) is 1. The normalized spacial score (nSPS) is 10.4. The molecule has 0 aliphatic heterocycles. The first kappa shape index (κ1) is 7.44. The van der Waals surface area contributed by atoms with Gasteiger partial charge in [-0.3, -0.25) is 0 Å². The average molecular weight is 178 g/mol. The molecule has 12 heavy (non-hydrogen) atoms. The first-order valence-electron chi connectivity index (χ1n) is 3.72. The van der Waals surface area contributed by atoms with Gasteiger partial charge in [0.2, 0.25) is 0 Å². The second kappa shape index (κ2) is 2.68. The highest BCUT2D eigenvalue weighted by Gasteiger charge is 1.99. The number of benzene rings is 2. The van der Waals surface area contributed by atoms with Crippen LogP contribution < -0.4 is 5.73 Å². The third-order valence-corrected chi connectivity index (χ3v) is 2.20. The number of hydrogen-bond donors (Lipinski definition) is 1. The molecule has 1 nitrogen and oxygen atoms in total. The van der Waals surface area contributed by atoms with Crippen molar-refractivity contribution < 1.29 is 0 Å². The molecular weight excluding hydrogens is 170 g/mol. The standard InChI is InChI=1S/C10H8ClN/c11-8-5-1-3-7-4-2-6-9(12)10(7)8/h1-6H,12H2. The molecule has 2 rings (SSSR count). The Bertz CT molecular complexity index is 386. The van der Waals surface area contributed by atoms with Gasteiger partial charge in [-0.05, 0) is 17.5 Å². The number of rotatable bonds is 0. The molecule has 0 aliphatic carbocycles. The number of halogens is 1. The Morgan fingerprint density at radius 2 is 1.67 bits per heavy atom. The van der Waals surface area contributed by atoms with Crippen LogP contribution in [-0.4, -0.2) is 0 Å². The zero-order valence-electron chi connectivity index (χ0n) is 6.42. The minimum Gasteiger partial charge on any atom is -0.398 e. The molecule has 0 heterocycles. The minimum absolute atomic E-state index is 0.714. The SMILES string of the molecule is Nc1cccc2cccc(Cl)c12. The quantitative estimate of drug-likeness (QED) is 0.615. The third kappa shape index (κ3) is 1.03. The van der Waals surface area contributed by atoms with Gasteiger partial charge in [-0.25, -0.2) is 0 Å². The topological polar surface area (TPSA) is 26.0 Å². The molecule has 0 radical (unpaired) electrons. The predicted octanol–water partition coefficient (Wildman–Crippen LogP) is 3.08. The molecule has 0 bridgehead atoms. The average Bonchev–Trinajstić information content (AvgIpc) is 2.04. The van der Waals surface area contributed by atoms with Gasteiger partial charge in [-0.15, -0.1) is 0 Å². The van der Waals surface area contributed by atoms with E-state index in [1.807, 2.05) is 36.4 Å². The van der Waals surface area contributed by atoms with Crippen molar-refractivity contribution in [2.45, 2.75) is 0 Å². The lowest BCUT2D eigenvalue weighted by Crippen LogP contribution is -1.86. The summed E-state index contributed by atoms with van der Waals surface area (Å²) in [5, 5.41) is 2.75. The smallest absolute Gasteiger partial charge is 0.0505 e. The monoisotopic (exact) mass is 177 g/mol. The van der Waals surface area contributed by atoms with Crippen LogP contribution in [0.25, 0.3) is 10.8 Å². The van der Waals surface area contributed by atoms with Gasteiger partial charge in [0.15, 0.2) is 0 Å². The molecule has 0 aliphatic rings. The highest BCUT2D eigenvalue weighted by atomic mass is 35.5. The number of fused-ring (bicyclic) bond motifs is 1. The Kier molecular flexibility index (Phi) is 1.66. The summed E-state index contributed by atoms with van der Waals surface area (Å²) in [4.78, 5) is 0. The van der Waals surface area contributed by atoms with Crippen LogP contribution in [0.15, 0.2) is 36.4 Å². The summed E-state index contributed by atoms with van der Waals surface area (Å²) in [6.45, 7) is 0. The van der Waals surface area contributed by atoms with Crippen LogP contribution in [0, 0.1) is 0 Å². The molecule has 2 aromatic rings. The van der Waals surface area contributed by atoms with E-state index in [-0.39, 0.29) is 0 Å². The molecule has 0 amide bonds. The Labute approximate surface area is 75.8 Å². The summed E-state index contributed by atoms with van der Waals surface area (Å²) in [5.41, 5.74) is 6.51. The summed E-state index contributed by atoms with van der Waals surface area (Å²) in [7, 11) is 0. The van der Waals surface area contributed by atoms with Gasteiger partial charge in [0.05, 0.1) is 5.02 Å². The van der Waals surface area contributed by atoms with E-state index >= 15 is 0 Å². The second-order valence-corrected chi connectivity index (χ2v) is 3.09. The zero-order chi connectivity index (χ0) is 8.55. The van der Waals surface area contributed by atoms with E-state index < -0.39 is 0 Å². The summed E-state index contributed by atoms with van der Waals surface area (Å²) in [6, 6.07) is 11.5. The largest absolute Gasteiger partial charge is 0.398 e. The van der Waals surface area contributed by atoms with Crippen molar-refractivity contribution in [2.75, 3.05) is 5.73 Å². The molecule has 2 N–H and O–H groups in total. The van der Waals surface area contributed by atoms with Gasteiger partial charge in [0.1, 0.15) is 0 Å². The maximum absolute atomic E-state index is 5.98. The molecule has 60 valence electrons. The maximum Gasteiger partial charge on any atom is 0.0505 e. The Hall–Kier alpha value is -1.21. The molecular formula is C10H8ClN. The van der Waals surface area contributed by atoms with Crippen LogP contribution in [0.3, 0.4) is 0 Å². The first-order valence-corrected chi connectivity index (χ1v) is 4.09. The maximum atomic E-state index is 5.98. The van der Waals surface area contributed by atoms with Gasteiger partial charge in [-0.1, -0.05) is 35.9 Å². The van der Waals surface area contributed by atoms with Crippen LogP contribution in [0.1, 0.15) is 0 Å². The van der Waals surface area contributed by atoms with E-state index in [9.17, 15) is 0 Å². The van der Waals surface area contributed by atoms with E-state index in [2.05, 4.69) is 0 Å². The highest BCUT2D eigenvalue weighted by molar-refractivity contribution is 6.36. The van der Waals surface area contributed by atoms with E-state index in [4.69, 9.17) is 17.3 Å². The summed E-state index contributed by atoms with van der Waals surface area (Å²) in [6.07, 6.45) is 0. The van der Waals surface area contributed by atoms with E-state index in [1.54, 1.807) is 0 Å². The number of nitrogens with two attached hydrogens (primary N) is 1. The van der Waals surface area contributed by atoms with Crippen LogP contribution in [0.4, 0.5) is 5.69 Å². The predicted molar refractivity (Wildman–Crippen MR) is 53.4 cm³/mol. The first-order chi connectivity index (χ1) is 5.79. The van der Waals surface area contributed by atoms with Crippen molar-refractivity contribution in [2.24, 2.45) is 0 Å². The van der Waals surface area contributed by atoms with Gasteiger partial charge in [0.25, 0.3) is 0 Å². The fraction of sp³-hybridized carbons (Fsp3) is 0. The lowest BCUT2D eigenvalue weighted by Gasteiger charge is -2.02. The fourth-order valence-corrected chi connectivity index (χ4v) is 1.61. The van der Waals surface area contributed by atoms with Crippen molar-refractivity contribution in [3.05, 3.63) is 41.4 Å². The number of nitrogen functional groups attached to an aromatic ring is 1. The van der Waals surface area contributed by atoms with E-state index in [0.717, 1.165) is 16.5 Å². The number of anilines is 1. The van der Waals surface area contributed by atoms with Crippen LogP contribution >= 0.6 is 11.6 Å². The molecule has 0 atom stereocenters. The molecule has 0 saturated carbocycles. The van der Waals surface area contributed by atoms with Gasteiger partial charge >= 0.3 is 0 Å². The lowest BCUT2D eigenvalue weighted by molar-refractivity contribution is 1.73. The molecule has 2 aromatic carbocycles. The van der Waals surface area contributed by atoms with Crippen molar-refractivity contribution in [1.82, 2.24) is 0 Å². The zero-order valence-corrected chi connectivity index (χ0v) is 7.18.